The SMILES string of the molecule is Nc1ccc(CN2CCCCC2CCO)cc1. The van der Waals surface area contributed by atoms with Crippen molar-refractivity contribution in [3.05, 3.63) is 29.8 Å². The summed E-state index contributed by atoms with van der Waals surface area (Å²) in [5.74, 6) is 0. The van der Waals surface area contributed by atoms with Gasteiger partial charge in [-0.15, -0.1) is 0 Å². The normalized spacial score (nSPS) is 21.6. The molecule has 17 heavy (non-hydrogen) atoms. The van der Waals surface area contributed by atoms with Crippen molar-refractivity contribution < 1.29 is 5.11 Å². The number of rotatable bonds is 4. The van der Waals surface area contributed by atoms with Crippen LogP contribution in [-0.4, -0.2) is 29.2 Å². The highest BCUT2D eigenvalue weighted by Gasteiger charge is 2.21. The summed E-state index contributed by atoms with van der Waals surface area (Å²) in [5, 5.41) is 9.10. The maximum Gasteiger partial charge on any atom is 0.0445 e. The highest BCUT2D eigenvalue weighted by Crippen LogP contribution is 2.22. The molecule has 94 valence electrons. The Kier molecular flexibility index (Phi) is 4.40. The summed E-state index contributed by atoms with van der Waals surface area (Å²) in [6.07, 6.45) is 4.68. The zero-order valence-electron chi connectivity index (χ0n) is 10.3. The number of piperidine rings is 1. The maximum atomic E-state index is 9.10. The van der Waals surface area contributed by atoms with Gasteiger partial charge in [-0.3, -0.25) is 4.90 Å². The molecule has 1 heterocycles. The van der Waals surface area contributed by atoms with E-state index in [0.717, 1.165) is 25.2 Å². The van der Waals surface area contributed by atoms with E-state index in [9.17, 15) is 0 Å². The summed E-state index contributed by atoms with van der Waals surface area (Å²) in [5.41, 5.74) is 7.82. The van der Waals surface area contributed by atoms with Crippen LogP contribution in [0.3, 0.4) is 0 Å². The first-order valence-corrected chi connectivity index (χ1v) is 6.49. The third kappa shape index (κ3) is 3.45. The zero-order valence-corrected chi connectivity index (χ0v) is 10.3. The van der Waals surface area contributed by atoms with E-state index in [1.165, 1.54) is 24.8 Å². The predicted molar refractivity (Wildman–Crippen MR) is 70.6 cm³/mol. The first-order chi connectivity index (χ1) is 8.29. The summed E-state index contributed by atoms with van der Waals surface area (Å²) >= 11 is 0. The van der Waals surface area contributed by atoms with Gasteiger partial charge in [0.15, 0.2) is 0 Å². The van der Waals surface area contributed by atoms with E-state index < -0.39 is 0 Å². The molecule has 1 saturated heterocycles. The van der Waals surface area contributed by atoms with E-state index in [2.05, 4.69) is 17.0 Å². The molecule has 1 aromatic rings. The van der Waals surface area contributed by atoms with Gasteiger partial charge in [-0.25, -0.2) is 0 Å². The average molecular weight is 234 g/mol. The van der Waals surface area contributed by atoms with Crippen LogP contribution >= 0.6 is 0 Å². The van der Waals surface area contributed by atoms with E-state index in [1.54, 1.807) is 0 Å². The van der Waals surface area contributed by atoms with Gasteiger partial charge >= 0.3 is 0 Å². The molecule has 1 unspecified atom stereocenters. The summed E-state index contributed by atoms with van der Waals surface area (Å²) in [6.45, 7) is 2.42. The molecule has 2 rings (SSSR count). The number of nitrogens with zero attached hydrogens (tertiary/aromatic N) is 1. The lowest BCUT2D eigenvalue weighted by atomic mass is 9.99. The van der Waals surface area contributed by atoms with Crippen molar-refractivity contribution in [2.75, 3.05) is 18.9 Å². The third-order valence-corrected chi connectivity index (χ3v) is 3.58. The fraction of sp³-hybridized carbons (Fsp3) is 0.571. The standard InChI is InChI=1S/C14H22N2O/c15-13-6-4-12(5-7-13)11-16-9-2-1-3-14(16)8-10-17/h4-7,14,17H,1-3,8-11,15H2. The Bertz CT molecular complexity index is 335. The Morgan fingerprint density at radius 2 is 2.00 bits per heavy atom. The van der Waals surface area contributed by atoms with Crippen LogP contribution in [0, 0.1) is 0 Å². The second-order valence-corrected chi connectivity index (χ2v) is 4.87. The van der Waals surface area contributed by atoms with Crippen LogP contribution in [0.25, 0.3) is 0 Å². The van der Waals surface area contributed by atoms with Gasteiger partial charge in [-0.1, -0.05) is 18.6 Å². The summed E-state index contributed by atoms with van der Waals surface area (Å²) < 4.78 is 0. The summed E-state index contributed by atoms with van der Waals surface area (Å²) in [7, 11) is 0. The lowest BCUT2D eigenvalue weighted by Crippen LogP contribution is -2.39. The minimum atomic E-state index is 0.295. The largest absolute Gasteiger partial charge is 0.399 e. The first-order valence-electron chi connectivity index (χ1n) is 6.49. The number of nitrogens with two attached hydrogens (primary N) is 1. The lowest BCUT2D eigenvalue weighted by molar-refractivity contribution is 0.112. The molecule has 0 bridgehead atoms. The van der Waals surface area contributed by atoms with Crippen molar-refractivity contribution in [3.8, 4) is 0 Å². The molecule has 1 aliphatic rings. The molecule has 0 aliphatic carbocycles. The van der Waals surface area contributed by atoms with Crippen molar-refractivity contribution in [3.63, 3.8) is 0 Å². The highest BCUT2D eigenvalue weighted by atomic mass is 16.3. The van der Waals surface area contributed by atoms with Crippen LogP contribution < -0.4 is 5.73 Å². The number of hydrogen-bond acceptors (Lipinski definition) is 3. The molecule has 1 aromatic carbocycles. The van der Waals surface area contributed by atoms with Crippen LogP contribution in [0.15, 0.2) is 24.3 Å². The molecule has 0 radical (unpaired) electrons. The Balaban J connectivity index is 1.97. The van der Waals surface area contributed by atoms with E-state index in [-0.39, 0.29) is 0 Å². The Labute approximate surface area is 103 Å². The van der Waals surface area contributed by atoms with Gasteiger partial charge in [-0.2, -0.15) is 0 Å². The first kappa shape index (κ1) is 12.4. The number of nitrogen functional groups attached to an aromatic ring is 1. The van der Waals surface area contributed by atoms with Crippen molar-refractivity contribution in [2.24, 2.45) is 0 Å². The molecule has 0 aromatic heterocycles. The molecule has 1 atom stereocenters. The Morgan fingerprint density at radius 3 is 2.71 bits per heavy atom. The maximum absolute atomic E-state index is 9.10. The molecular weight excluding hydrogens is 212 g/mol. The van der Waals surface area contributed by atoms with Gasteiger partial charge in [0.05, 0.1) is 0 Å². The fourth-order valence-electron chi connectivity index (χ4n) is 2.60. The molecule has 3 N–H and O–H groups in total. The molecular formula is C14H22N2O. The van der Waals surface area contributed by atoms with E-state index >= 15 is 0 Å². The minimum absolute atomic E-state index is 0.295. The van der Waals surface area contributed by atoms with E-state index in [1.807, 2.05) is 12.1 Å². The monoisotopic (exact) mass is 234 g/mol. The second kappa shape index (κ2) is 6.03. The predicted octanol–water partition coefficient (Wildman–Crippen LogP) is 2.01. The smallest absolute Gasteiger partial charge is 0.0445 e. The molecule has 3 heteroatoms. The van der Waals surface area contributed by atoms with Crippen LogP contribution in [0.1, 0.15) is 31.2 Å². The van der Waals surface area contributed by atoms with Crippen LogP contribution in [-0.2, 0) is 6.54 Å². The van der Waals surface area contributed by atoms with Gasteiger partial charge in [0.1, 0.15) is 0 Å². The van der Waals surface area contributed by atoms with Crippen molar-refractivity contribution in [1.82, 2.24) is 4.90 Å². The third-order valence-electron chi connectivity index (χ3n) is 3.58. The van der Waals surface area contributed by atoms with Gasteiger partial charge in [0.25, 0.3) is 0 Å². The topological polar surface area (TPSA) is 49.5 Å². The van der Waals surface area contributed by atoms with Crippen molar-refractivity contribution in [1.29, 1.82) is 0 Å². The quantitative estimate of drug-likeness (QED) is 0.783. The number of benzene rings is 1. The van der Waals surface area contributed by atoms with Crippen molar-refractivity contribution in [2.45, 2.75) is 38.3 Å². The van der Waals surface area contributed by atoms with Gasteiger partial charge < -0.3 is 10.8 Å². The molecule has 0 saturated carbocycles. The van der Waals surface area contributed by atoms with Crippen LogP contribution in [0.4, 0.5) is 5.69 Å². The minimum Gasteiger partial charge on any atom is -0.399 e. The fourth-order valence-corrected chi connectivity index (χ4v) is 2.60. The second-order valence-electron chi connectivity index (χ2n) is 4.87. The van der Waals surface area contributed by atoms with Gasteiger partial charge in [0, 0.05) is 24.9 Å². The van der Waals surface area contributed by atoms with Crippen molar-refractivity contribution >= 4 is 5.69 Å². The Morgan fingerprint density at radius 1 is 1.24 bits per heavy atom. The number of anilines is 1. The number of aliphatic hydroxyl groups excluding tert-OH is 1. The molecule has 1 aliphatic heterocycles. The summed E-state index contributed by atoms with van der Waals surface area (Å²) in [6, 6.07) is 8.66. The van der Waals surface area contributed by atoms with Gasteiger partial charge in [0.2, 0.25) is 0 Å². The number of likely N-dealkylation sites (tertiary alicyclic amines) is 1. The summed E-state index contributed by atoms with van der Waals surface area (Å²) in [4.78, 5) is 2.49. The molecule has 1 fully saturated rings. The number of aliphatic hydroxyl groups is 1. The molecule has 3 nitrogen and oxygen atoms in total. The van der Waals surface area contributed by atoms with E-state index in [0.29, 0.717) is 12.6 Å². The molecule has 0 amide bonds. The van der Waals surface area contributed by atoms with Crippen LogP contribution in [0.5, 0.6) is 0 Å². The Hall–Kier alpha value is -1.06. The average Bonchev–Trinajstić information content (AvgIpc) is 2.35. The zero-order chi connectivity index (χ0) is 12.1. The highest BCUT2D eigenvalue weighted by molar-refractivity contribution is 5.39. The van der Waals surface area contributed by atoms with Gasteiger partial charge in [-0.05, 0) is 43.5 Å². The lowest BCUT2D eigenvalue weighted by Gasteiger charge is -2.35. The van der Waals surface area contributed by atoms with E-state index in [4.69, 9.17) is 10.8 Å². The molecule has 0 spiro atoms. The van der Waals surface area contributed by atoms with Crippen LogP contribution in [0.2, 0.25) is 0 Å². The number of hydrogen-bond donors (Lipinski definition) is 2.